The number of amides is 2. The normalized spacial score (nSPS) is 14.1. The Hall–Kier alpha value is -2.14. The van der Waals surface area contributed by atoms with E-state index in [9.17, 15) is 9.59 Å². The maximum absolute atomic E-state index is 13.4. The van der Waals surface area contributed by atoms with Gasteiger partial charge in [0.25, 0.3) is 0 Å². The second-order valence-corrected chi connectivity index (χ2v) is 9.71. The highest BCUT2D eigenvalue weighted by Crippen LogP contribution is 2.27. The van der Waals surface area contributed by atoms with Crippen molar-refractivity contribution >= 4 is 23.2 Å². The first kappa shape index (κ1) is 22.5. The van der Waals surface area contributed by atoms with Gasteiger partial charge in [-0.3, -0.25) is 9.59 Å². The van der Waals surface area contributed by atoms with Crippen molar-refractivity contribution in [2.75, 3.05) is 13.1 Å². The van der Waals surface area contributed by atoms with Crippen molar-refractivity contribution in [3.8, 4) is 0 Å². The smallest absolute Gasteiger partial charge is 0.242 e. The fraction of sp³-hybridized carbons (Fsp3) is 0.520. The third-order valence-electron chi connectivity index (χ3n) is 5.84. The lowest BCUT2D eigenvalue weighted by atomic mass is 10.1. The molecule has 4 nitrogen and oxygen atoms in total. The molecule has 2 amide bonds. The van der Waals surface area contributed by atoms with Gasteiger partial charge in [0.1, 0.15) is 0 Å². The van der Waals surface area contributed by atoms with Gasteiger partial charge in [-0.05, 0) is 43.9 Å². The van der Waals surface area contributed by atoms with Crippen LogP contribution in [0.25, 0.3) is 0 Å². The van der Waals surface area contributed by atoms with Crippen LogP contribution < -0.4 is 0 Å². The van der Waals surface area contributed by atoms with E-state index in [-0.39, 0.29) is 24.3 Å². The van der Waals surface area contributed by atoms with Crippen LogP contribution in [0.2, 0.25) is 0 Å². The number of thiophene rings is 1. The Morgan fingerprint density at radius 2 is 1.73 bits per heavy atom. The summed E-state index contributed by atoms with van der Waals surface area (Å²) in [7, 11) is 0. The first-order chi connectivity index (χ1) is 14.6. The lowest BCUT2D eigenvalue weighted by Crippen LogP contribution is -2.44. The molecule has 5 heteroatoms. The lowest BCUT2D eigenvalue weighted by molar-refractivity contribution is -0.143. The Labute approximate surface area is 184 Å². The van der Waals surface area contributed by atoms with Crippen LogP contribution in [0.5, 0.6) is 0 Å². The van der Waals surface area contributed by atoms with Crippen LogP contribution in [0, 0.1) is 12.8 Å². The summed E-state index contributed by atoms with van der Waals surface area (Å²) in [4.78, 5) is 32.6. The van der Waals surface area contributed by atoms with Crippen LogP contribution in [0.1, 0.15) is 60.8 Å². The van der Waals surface area contributed by atoms with Crippen molar-refractivity contribution < 1.29 is 9.59 Å². The van der Waals surface area contributed by atoms with Gasteiger partial charge in [-0.1, -0.05) is 56.5 Å². The van der Waals surface area contributed by atoms with Crippen LogP contribution >= 0.6 is 11.3 Å². The summed E-state index contributed by atoms with van der Waals surface area (Å²) in [6.07, 6.45) is 6.16. The van der Waals surface area contributed by atoms with E-state index in [4.69, 9.17) is 0 Å². The molecule has 0 saturated heterocycles. The van der Waals surface area contributed by atoms with Crippen LogP contribution in [-0.2, 0) is 22.7 Å². The second kappa shape index (κ2) is 11.3. The van der Waals surface area contributed by atoms with E-state index in [0.717, 1.165) is 44.1 Å². The van der Waals surface area contributed by atoms with Crippen molar-refractivity contribution in [3.05, 3.63) is 57.8 Å². The first-order valence-corrected chi connectivity index (χ1v) is 12.0. The van der Waals surface area contributed by atoms with Gasteiger partial charge in [-0.15, -0.1) is 11.3 Å². The summed E-state index contributed by atoms with van der Waals surface area (Å²) < 4.78 is 0. The molecule has 2 aromatic rings. The molecule has 1 aromatic heterocycles. The number of rotatable bonds is 10. The van der Waals surface area contributed by atoms with Crippen LogP contribution in [-0.4, -0.2) is 34.7 Å². The topological polar surface area (TPSA) is 40.6 Å². The Kier molecular flexibility index (Phi) is 8.50. The number of carbonyl (C=O) groups is 2. The SMILES string of the molecule is CCCCN(CC(=O)N(Cc1ccccc1)Cc1ccc(C)s1)C(=O)C1CCCC1. The highest BCUT2D eigenvalue weighted by Gasteiger charge is 2.29. The third-order valence-corrected chi connectivity index (χ3v) is 6.82. The van der Waals surface area contributed by atoms with Gasteiger partial charge in [-0.2, -0.15) is 0 Å². The van der Waals surface area contributed by atoms with Crippen molar-refractivity contribution in [2.45, 2.75) is 65.5 Å². The monoisotopic (exact) mass is 426 g/mol. The average Bonchev–Trinajstić information content (AvgIpc) is 3.43. The van der Waals surface area contributed by atoms with Gasteiger partial charge in [0.15, 0.2) is 0 Å². The molecule has 0 spiro atoms. The van der Waals surface area contributed by atoms with Crippen molar-refractivity contribution in [1.82, 2.24) is 9.80 Å². The average molecular weight is 427 g/mol. The van der Waals surface area contributed by atoms with E-state index in [1.54, 1.807) is 11.3 Å². The van der Waals surface area contributed by atoms with E-state index < -0.39 is 0 Å². The molecule has 0 atom stereocenters. The van der Waals surface area contributed by atoms with E-state index in [2.05, 4.69) is 38.1 Å². The fourth-order valence-corrected chi connectivity index (χ4v) is 5.01. The highest BCUT2D eigenvalue weighted by molar-refractivity contribution is 7.11. The van der Waals surface area contributed by atoms with Gasteiger partial charge < -0.3 is 9.80 Å². The molecule has 1 heterocycles. The van der Waals surface area contributed by atoms with Crippen molar-refractivity contribution in [3.63, 3.8) is 0 Å². The van der Waals surface area contributed by atoms with Gasteiger partial charge in [-0.25, -0.2) is 0 Å². The quantitative estimate of drug-likeness (QED) is 0.510. The zero-order valence-corrected chi connectivity index (χ0v) is 19.1. The Morgan fingerprint density at radius 3 is 2.37 bits per heavy atom. The minimum atomic E-state index is 0.0346. The third kappa shape index (κ3) is 6.43. The molecule has 1 saturated carbocycles. The maximum Gasteiger partial charge on any atom is 0.242 e. The number of unbranched alkanes of at least 4 members (excludes halogenated alkanes) is 1. The largest absolute Gasteiger partial charge is 0.333 e. The summed E-state index contributed by atoms with van der Waals surface area (Å²) in [5.41, 5.74) is 1.11. The molecule has 0 unspecified atom stereocenters. The summed E-state index contributed by atoms with van der Waals surface area (Å²) in [5, 5.41) is 0. The Morgan fingerprint density at radius 1 is 1.00 bits per heavy atom. The van der Waals surface area contributed by atoms with Crippen molar-refractivity contribution in [2.24, 2.45) is 5.92 Å². The molecule has 0 N–H and O–H groups in total. The molecule has 0 bridgehead atoms. The maximum atomic E-state index is 13.4. The minimum Gasteiger partial charge on any atom is -0.333 e. The van der Waals surface area contributed by atoms with Crippen LogP contribution in [0.4, 0.5) is 0 Å². The molecule has 162 valence electrons. The summed E-state index contributed by atoms with van der Waals surface area (Å²) >= 11 is 1.73. The molecule has 0 radical (unpaired) electrons. The molecule has 1 aliphatic carbocycles. The Balaban J connectivity index is 1.73. The molecule has 3 rings (SSSR count). The molecule has 30 heavy (non-hydrogen) atoms. The summed E-state index contributed by atoms with van der Waals surface area (Å²) in [6, 6.07) is 14.3. The molecule has 1 aliphatic rings. The number of nitrogens with zero attached hydrogens (tertiary/aromatic N) is 2. The molecule has 0 aliphatic heterocycles. The van der Waals surface area contributed by atoms with E-state index in [1.165, 1.54) is 9.75 Å². The highest BCUT2D eigenvalue weighted by atomic mass is 32.1. The fourth-order valence-electron chi connectivity index (χ4n) is 4.10. The number of benzene rings is 1. The van der Waals surface area contributed by atoms with Gasteiger partial charge in [0, 0.05) is 28.8 Å². The predicted molar refractivity (Wildman–Crippen MR) is 123 cm³/mol. The van der Waals surface area contributed by atoms with Gasteiger partial charge >= 0.3 is 0 Å². The minimum absolute atomic E-state index is 0.0346. The van der Waals surface area contributed by atoms with E-state index in [0.29, 0.717) is 19.6 Å². The van der Waals surface area contributed by atoms with Crippen LogP contribution in [0.3, 0.4) is 0 Å². The molecular formula is C25H34N2O2S. The Bertz CT molecular complexity index is 812. The van der Waals surface area contributed by atoms with Crippen LogP contribution in [0.15, 0.2) is 42.5 Å². The zero-order chi connectivity index (χ0) is 21.3. The first-order valence-electron chi connectivity index (χ1n) is 11.2. The predicted octanol–water partition coefficient (Wildman–Crippen LogP) is 5.40. The number of hydrogen-bond acceptors (Lipinski definition) is 3. The number of carbonyl (C=O) groups excluding carboxylic acids is 2. The lowest BCUT2D eigenvalue weighted by Gasteiger charge is -2.29. The van der Waals surface area contributed by atoms with Crippen molar-refractivity contribution in [1.29, 1.82) is 0 Å². The van der Waals surface area contributed by atoms with Gasteiger partial charge in [0.05, 0.1) is 13.1 Å². The summed E-state index contributed by atoms with van der Waals surface area (Å²) in [6.45, 7) is 6.23. The molecule has 1 aromatic carbocycles. The number of aryl methyl sites for hydroxylation is 1. The standard InChI is InChI=1S/C25H34N2O2S/c1-3-4-16-26(25(29)22-12-8-9-13-22)19-24(28)27(17-21-10-6-5-7-11-21)18-23-15-14-20(2)30-23/h5-7,10-11,14-15,22H,3-4,8-9,12-13,16-19H2,1-2H3. The zero-order valence-electron chi connectivity index (χ0n) is 18.3. The van der Waals surface area contributed by atoms with E-state index in [1.807, 2.05) is 28.0 Å². The second-order valence-electron chi connectivity index (χ2n) is 8.34. The van der Waals surface area contributed by atoms with E-state index >= 15 is 0 Å². The number of hydrogen-bond donors (Lipinski definition) is 0. The molecular weight excluding hydrogens is 392 g/mol. The summed E-state index contributed by atoms with van der Waals surface area (Å²) in [5.74, 6) is 0.325. The van der Waals surface area contributed by atoms with Gasteiger partial charge in [0.2, 0.25) is 11.8 Å². The molecule has 1 fully saturated rings.